The van der Waals surface area contributed by atoms with E-state index in [1.54, 1.807) is 19.1 Å². The van der Waals surface area contributed by atoms with Crippen LogP contribution in [0.25, 0.3) is 10.9 Å². The Kier molecular flexibility index (Phi) is 6.09. The van der Waals surface area contributed by atoms with Crippen molar-refractivity contribution in [2.75, 3.05) is 7.11 Å². The Labute approximate surface area is 185 Å². The Morgan fingerprint density at radius 1 is 1.22 bits per heavy atom. The zero-order valence-corrected chi connectivity index (χ0v) is 18.0. The number of methoxy groups -OCH3 is 1. The van der Waals surface area contributed by atoms with Crippen LogP contribution in [-0.2, 0) is 11.3 Å². The number of hydrogen-bond donors (Lipinski definition) is 0. The van der Waals surface area contributed by atoms with Crippen molar-refractivity contribution >= 4 is 28.6 Å². The summed E-state index contributed by atoms with van der Waals surface area (Å²) < 4.78 is 39.5. The molecular formula is C23H18F2N2O4S. The van der Waals surface area contributed by atoms with Crippen LogP contribution in [0.2, 0.25) is 0 Å². The van der Waals surface area contributed by atoms with Crippen LogP contribution in [0.5, 0.6) is 0 Å². The fourth-order valence-corrected chi connectivity index (χ4v) is 4.33. The lowest BCUT2D eigenvalue weighted by Gasteiger charge is -2.17. The lowest BCUT2D eigenvalue weighted by molar-refractivity contribution is 0.0601. The zero-order chi connectivity index (χ0) is 22.8. The molecule has 6 nitrogen and oxygen atoms in total. The van der Waals surface area contributed by atoms with Gasteiger partial charge in [-0.1, -0.05) is 11.8 Å². The van der Waals surface area contributed by atoms with Gasteiger partial charge >= 0.3 is 5.97 Å². The maximum Gasteiger partial charge on any atom is 0.337 e. The molecule has 0 aliphatic heterocycles. The van der Waals surface area contributed by atoms with Gasteiger partial charge in [0.2, 0.25) is 0 Å². The summed E-state index contributed by atoms with van der Waals surface area (Å²) in [6.07, 6.45) is 1.50. The van der Waals surface area contributed by atoms with Gasteiger partial charge in [0.05, 0.1) is 36.4 Å². The fraction of sp³-hybridized carbons (Fsp3) is 0.174. The van der Waals surface area contributed by atoms with Gasteiger partial charge in [-0.2, -0.15) is 0 Å². The van der Waals surface area contributed by atoms with Crippen LogP contribution in [0.4, 0.5) is 8.78 Å². The van der Waals surface area contributed by atoms with E-state index >= 15 is 0 Å². The molecule has 0 bridgehead atoms. The van der Waals surface area contributed by atoms with Crippen LogP contribution in [0, 0.1) is 11.6 Å². The van der Waals surface area contributed by atoms with Crippen LogP contribution >= 0.6 is 11.8 Å². The molecular weight excluding hydrogens is 438 g/mol. The summed E-state index contributed by atoms with van der Waals surface area (Å²) in [6, 6.07) is 11.1. The number of ether oxygens (including phenoxy) is 1. The van der Waals surface area contributed by atoms with E-state index in [1.165, 1.54) is 36.1 Å². The Bertz CT molecular complexity index is 1350. The number of fused-ring (bicyclic) bond motifs is 1. The SMILES string of the molecule is COC(=O)c1ccc2c(=O)n(Cc3ccco3)c(SC(C)c3cc(F)ccc3F)nc2c1. The molecule has 1 unspecified atom stereocenters. The van der Waals surface area contributed by atoms with Gasteiger partial charge < -0.3 is 9.15 Å². The largest absolute Gasteiger partial charge is 0.467 e. The molecule has 2 aromatic carbocycles. The number of carbonyl (C=O) groups excluding carboxylic acids is 1. The number of thioether (sulfide) groups is 1. The van der Waals surface area contributed by atoms with Crippen molar-refractivity contribution in [2.24, 2.45) is 0 Å². The highest BCUT2D eigenvalue weighted by Crippen LogP contribution is 2.35. The smallest absolute Gasteiger partial charge is 0.337 e. The van der Waals surface area contributed by atoms with Gasteiger partial charge in [-0.3, -0.25) is 9.36 Å². The quantitative estimate of drug-likeness (QED) is 0.232. The molecule has 0 fully saturated rings. The van der Waals surface area contributed by atoms with E-state index < -0.39 is 22.9 Å². The summed E-state index contributed by atoms with van der Waals surface area (Å²) in [5, 5.41) is 0.0249. The summed E-state index contributed by atoms with van der Waals surface area (Å²) in [5.74, 6) is -1.14. The first kappa shape index (κ1) is 21.8. The maximum atomic E-state index is 14.3. The Hall–Kier alpha value is -3.46. The van der Waals surface area contributed by atoms with Crippen molar-refractivity contribution < 1.29 is 22.7 Å². The minimum atomic E-state index is -0.559. The molecule has 4 rings (SSSR count). The average Bonchev–Trinajstić information content (AvgIpc) is 3.30. The van der Waals surface area contributed by atoms with E-state index in [4.69, 9.17) is 9.15 Å². The van der Waals surface area contributed by atoms with E-state index in [1.807, 2.05) is 0 Å². The Morgan fingerprint density at radius 2 is 2.03 bits per heavy atom. The van der Waals surface area contributed by atoms with Gasteiger partial charge in [0.1, 0.15) is 17.4 Å². The molecule has 9 heteroatoms. The van der Waals surface area contributed by atoms with Crippen LogP contribution in [-0.4, -0.2) is 22.6 Å². The second-order valence-corrected chi connectivity index (χ2v) is 8.32. The first-order chi connectivity index (χ1) is 15.4. The van der Waals surface area contributed by atoms with Gasteiger partial charge in [-0.15, -0.1) is 0 Å². The lowest BCUT2D eigenvalue weighted by atomic mass is 10.1. The summed E-state index contributed by atoms with van der Waals surface area (Å²) in [4.78, 5) is 29.8. The molecule has 2 heterocycles. The summed E-state index contributed by atoms with van der Waals surface area (Å²) in [6.45, 7) is 1.80. The van der Waals surface area contributed by atoms with Crippen LogP contribution in [0.3, 0.4) is 0 Å². The highest BCUT2D eigenvalue weighted by Gasteiger charge is 2.20. The molecule has 0 saturated heterocycles. The third kappa shape index (κ3) is 4.29. The normalized spacial score (nSPS) is 12.1. The second-order valence-electron chi connectivity index (χ2n) is 7.01. The topological polar surface area (TPSA) is 74.3 Å². The second kappa shape index (κ2) is 8.96. The van der Waals surface area contributed by atoms with E-state index in [0.29, 0.717) is 16.7 Å². The standard InChI is InChI=1S/C23H18F2N2O4S/c1-13(18-11-15(24)6-8-19(18)25)32-23-26-20-10-14(22(29)30-2)5-7-17(20)21(28)27(23)12-16-4-3-9-31-16/h3-11,13H,12H2,1-2H3. The lowest BCUT2D eigenvalue weighted by Crippen LogP contribution is -2.24. The number of rotatable bonds is 6. The van der Waals surface area contributed by atoms with Gasteiger partial charge in [0.25, 0.3) is 5.56 Å². The fourth-order valence-electron chi connectivity index (χ4n) is 3.28. The number of nitrogens with zero attached hydrogens (tertiary/aromatic N) is 2. The minimum absolute atomic E-state index is 0.105. The third-order valence-electron chi connectivity index (χ3n) is 4.91. The number of esters is 1. The Morgan fingerprint density at radius 3 is 2.75 bits per heavy atom. The first-order valence-electron chi connectivity index (χ1n) is 9.64. The third-order valence-corrected chi connectivity index (χ3v) is 6.04. The van der Waals surface area contributed by atoms with Gasteiger partial charge in [-0.05, 0) is 55.5 Å². The monoisotopic (exact) mass is 456 g/mol. The van der Waals surface area contributed by atoms with Crippen molar-refractivity contribution in [2.45, 2.75) is 23.9 Å². The van der Waals surface area contributed by atoms with E-state index in [-0.39, 0.29) is 28.4 Å². The van der Waals surface area contributed by atoms with Crippen molar-refractivity contribution in [3.8, 4) is 0 Å². The molecule has 0 N–H and O–H groups in total. The highest BCUT2D eigenvalue weighted by atomic mass is 32.2. The number of hydrogen-bond acceptors (Lipinski definition) is 6. The summed E-state index contributed by atoms with van der Waals surface area (Å²) in [5.41, 5.74) is 0.341. The zero-order valence-electron chi connectivity index (χ0n) is 17.2. The van der Waals surface area contributed by atoms with Crippen molar-refractivity contribution in [3.05, 3.63) is 93.7 Å². The average molecular weight is 456 g/mol. The first-order valence-corrected chi connectivity index (χ1v) is 10.5. The number of aromatic nitrogens is 2. The molecule has 1 atom stereocenters. The molecule has 164 valence electrons. The minimum Gasteiger partial charge on any atom is -0.467 e. The summed E-state index contributed by atoms with van der Waals surface area (Å²) in [7, 11) is 1.26. The van der Waals surface area contributed by atoms with E-state index in [0.717, 1.165) is 30.0 Å². The van der Waals surface area contributed by atoms with Crippen molar-refractivity contribution in [3.63, 3.8) is 0 Å². The molecule has 32 heavy (non-hydrogen) atoms. The van der Waals surface area contributed by atoms with Gasteiger partial charge in [0, 0.05) is 10.8 Å². The number of carbonyl (C=O) groups is 1. The highest BCUT2D eigenvalue weighted by molar-refractivity contribution is 7.99. The molecule has 0 radical (unpaired) electrons. The van der Waals surface area contributed by atoms with Gasteiger partial charge in [-0.25, -0.2) is 18.6 Å². The molecule has 2 aromatic heterocycles. The van der Waals surface area contributed by atoms with Crippen molar-refractivity contribution in [1.29, 1.82) is 0 Å². The van der Waals surface area contributed by atoms with E-state index in [2.05, 4.69) is 4.98 Å². The van der Waals surface area contributed by atoms with Gasteiger partial charge in [0.15, 0.2) is 5.16 Å². The maximum absolute atomic E-state index is 14.3. The predicted molar refractivity (Wildman–Crippen MR) is 116 cm³/mol. The van der Waals surface area contributed by atoms with Crippen LogP contribution in [0.1, 0.15) is 33.9 Å². The number of furan rings is 1. The molecule has 4 aromatic rings. The molecule has 0 aliphatic rings. The predicted octanol–water partition coefficient (Wildman–Crippen LogP) is 4.96. The molecule has 0 spiro atoms. The molecule has 0 saturated carbocycles. The number of halogens is 2. The van der Waals surface area contributed by atoms with Crippen molar-refractivity contribution in [1.82, 2.24) is 9.55 Å². The molecule has 0 amide bonds. The summed E-state index contributed by atoms with van der Waals surface area (Å²) >= 11 is 1.10. The molecule has 0 aliphatic carbocycles. The number of benzene rings is 2. The van der Waals surface area contributed by atoms with E-state index in [9.17, 15) is 18.4 Å². The van der Waals surface area contributed by atoms with Crippen LogP contribution in [0.15, 0.2) is 69.2 Å². The van der Waals surface area contributed by atoms with Crippen LogP contribution < -0.4 is 5.56 Å². The Balaban J connectivity index is 1.84.